The molecular formula is C24H17ClFN5O2. The number of amides is 1. The summed E-state index contributed by atoms with van der Waals surface area (Å²) in [6, 6.07) is 15.4. The molecule has 0 radical (unpaired) electrons. The van der Waals surface area contributed by atoms with Crippen LogP contribution in [0.15, 0.2) is 77.9 Å². The van der Waals surface area contributed by atoms with E-state index >= 15 is 0 Å². The van der Waals surface area contributed by atoms with Crippen LogP contribution in [0, 0.1) is 5.82 Å². The summed E-state index contributed by atoms with van der Waals surface area (Å²) < 4.78 is 16.4. The second kappa shape index (κ2) is 8.14. The van der Waals surface area contributed by atoms with E-state index in [0.717, 1.165) is 0 Å². The fraction of sp³-hybridized carbons (Fsp3) is 0.0833. The van der Waals surface area contributed by atoms with Crippen molar-refractivity contribution in [1.82, 2.24) is 24.5 Å². The zero-order chi connectivity index (χ0) is 23.1. The van der Waals surface area contributed by atoms with Crippen molar-refractivity contribution in [3.8, 4) is 5.69 Å². The van der Waals surface area contributed by atoms with E-state index in [0.29, 0.717) is 32.8 Å². The molecule has 1 N–H and O–H groups in total. The number of halogens is 2. The predicted molar refractivity (Wildman–Crippen MR) is 123 cm³/mol. The molecule has 3 aromatic heterocycles. The van der Waals surface area contributed by atoms with E-state index in [1.165, 1.54) is 39.5 Å². The zero-order valence-corrected chi connectivity index (χ0v) is 18.1. The maximum Gasteiger partial charge on any atom is 0.272 e. The highest BCUT2D eigenvalue weighted by Crippen LogP contribution is 2.25. The van der Waals surface area contributed by atoms with Crippen molar-refractivity contribution in [3.05, 3.63) is 106 Å². The lowest BCUT2D eigenvalue weighted by Crippen LogP contribution is -2.32. The summed E-state index contributed by atoms with van der Waals surface area (Å²) in [5.41, 5.74) is 1.40. The van der Waals surface area contributed by atoms with Gasteiger partial charge in [-0.1, -0.05) is 23.7 Å². The first-order valence-corrected chi connectivity index (χ1v) is 10.5. The van der Waals surface area contributed by atoms with Crippen LogP contribution in [0.4, 0.5) is 4.39 Å². The van der Waals surface area contributed by atoms with Crippen molar-refractivity contribution >= 4 is 33.9 Å². The Balaban J connectivity index is 1.63. The Morgan fingerprint density at radius 3 is 2.70 bits per heavy atom. The van der Waals surface area contributed by atoms with Gasteiger partial charge in [-0.25, -0.2) is 13.9 Å². The monoisotopic (exact) mass is 461 g/mol. The van der Waals surface area contributed by atoms with E-state index < -0.39 is 17.8 Å². The van der Waals surface area contributed by atoms with E-state index in [1.807, 2.05) is 0 Å². The molecule has 0 aliphatic carbocycles. The van der Waals surface area contributed by atoms with Crippen molar-refractivity contribution in [2.24, 2.45) is 0 Å². The maximum atomic E-state index is 13.6. The molecule has 1 amide bonds. The number of imidazole rings is 1. The van der Waals surface area contributed by atoms with Crippen LogP contribution in [-0.4, -0.2) is 25.1 Å². The van der Waals surface area contributed by atoms with Crippen molar-refractivity contribution in [3.63, 3.8) is 0 Å². The molecule has 0 bridgehead atoms. The highest BCUT2D eigenvalue weighted by Gasteiger charge is 2.21. The van der Waals surface area contributed by atoms with Gasteiger partial charge in [0.05, 0.1) is 22.6 Å². The van der Waals surface area contributed by atoms with Crippen LogP contribution in [0.1, 0.15) is 29.1 Å². The molecule has 33 heavy (non-hydrogen) atoms. The largest absolute Gasteiger partial charge is 0.343 e. The minimum absolute atomic E-state index is 0.261. The second-order valence-electron chi connectivity index (χ2n) is 7.52. The van der Waals surface area contributed by atoms with Gasteiger partial charge in [0.2, 0.25) is 0 Å². The van der Waals surface area contributed by atoms with E-state index in [-0.39, 0.29) is 11.3 Å². The van der Waals surface area contributed by atoms with Crippen LogP contribution >= 0.6 is 11.6 Å². The van der Waals surface area contributed by atoms with E-state index in [1.54, 1.807) is 49.5 Å². The quantitative estimate of drug-likeness (QED) is 0.432. The van der Waals surface area contributed by atoms with E-state index in [4.69, 9.17) is 11.6 Å². The van der Waals surface area contributed by atoms with Crippen LogP contribution in [0.2, 0.25) is 5.02 Å². The van der Waals surface area contributed by atoms with Gasteiger partial charge in [-0.3, -0.25) is 14.2 Å². The molecule has 9 heteroatoms. The Morgan fingerprint density at radius 2 is 1.91 bits per heavy atom. The first kappa shape index (κ1) is 20.8. The molecule has 0 fully saturated rings. The zero-order valence-electron chi connectivity index (χ0n) is 17.4. The SMILES string of the molecule is CC(NC(=O)c1cnc2cccnn12)c1cc2cccc(Cl)c2c(=O)n1-c1ccc(F)cc1. The molecule has 5 rings (SSSR count). The fourth-order valence-corrected chi connectivity index (χ4v) is 4.11. The lowest BCUT2D eigenvalue weighted by Gasteiger charge is -2.21. The number of carbonyl (C=O) groups excluding carboxylic acids is 1. The average molecular weight is 462 g/mol. The van der Waals surface area contributed by atoms with E-state index in [9.17, 15) is 14.0 Å². The van der Waals surface area contributed by atoms with Gasteiger partial charge in [-0.05, 0) is 60.8 Å². The number of carbonyl (C=O) groups is 1. The predicted octanol–water partition coefficient (Wildman–Crippen LogP) is 4.32. The van der Waals surface area contributed by atoms with E-state index in [2.05, 4.69) is 15.4 Å². The molecule has 5 aromatic rings. The number of hydrogen-bond donors (Lipinski definition) is 1. The normalized spacial score (nSPS) is 12.2. The molecule has 7 nitrogen and oxygen atoms in total. The maximum absolute atomic E-state index is 13.6. The number of hydrogen-bond acceptors (Lipinski definition) is 4. The standard InChI is InChI=1S/C24H17ClFN5O2/c1-14(29-23(32)20-13-27-21-6-3-11-28-31(20)21)19-12-15-4-2-5-18(25)22(15)24(33)30(19)17-9-7-16(26)8-10-17/h2-14H,1H3,(H,29,32). The first-order chi connectivity index (χ1) is 15.9. The Morgan fingerprint density at radius 1 is 1.12 bits per heavy atom. The lowest BCUT2D eigenvalue weighted by atomic mass is 10.1. The average Bonchev–Trinajstić information content (AvgIpc) is 3.24. The number of fused-ring (bicyclic) bond motifs is 2. The summed E-state index contributed by atoms with van der Waals surface area (Å²) in [4.78, 5) is 30.7. The van der Waals surface area contributed by atoms with Crippen LogP contribution in [0.25, 0.3) is 22.1 Å². The number of nitrogens with one attached hydrogen (secondary N) is 1. The molecular weight excluding hydrogens is 445 g/mol. The summed E-state index contributed by atoms with van der Waals surface area (Å²) in [5.74, 6) is -0.827. The number of aromatic nitrogens is 4. The minimum atomic E-state index is -0.590. The summed E-state index contributed by atoms with van der Waals surface area (Å²) in [6.07, 6.45) is 3.01. The molecule has 0 aliphatic rings. The fourth-order valence-electron chi connectivity index (χ4n) is 3.84. The van der Waals surface area contributed by atoms with Crippen molar-refractivity contribution in [1.29, 1.82) is 0 Å². The van der Waals surface area contributed by atoms with Gasteiger partial charge < -0.3 is 5.32 Å². The molecule has 3 heterocycles. The Hall–Kier alpha value is -4.04. The third-order valence-corrected chi connectivity index (χ3v) is 5.73. The molecule has 0 spiro atoms. The highest BCUT2D eigenvalue weighted by molar-refractivity contribution is 6.35. The van der Waals surface area contributed by atoms with Crippen LogP contribution in [-0.2, 0) is 0 Å². The van der Waals surface area contributed by atoms with Gasteiger partial charge in [0, 0.05) is 17.6 Å². The summed E-state index contributed by atoms with van der Waals surface area (Å²) in [6.45, 7) is 1.76. The summed E-state index contributed by atoms with van der Waals surface area (Å²) >= 11 is 6.33. The summed E-state index contributed by atoms with van der Waals surface area (Å²) in [7, 11) is 0. The Kier molecular flexibility index (Phi) is 5.14. The van der Waals surface area contributed by atoms with Gasteiger partial charge in [-0.15, -0.1) is 0 Å². The Labute approximate surface area is 192 Å². The Bertz CT molecular complexity index is 1580. The lowest BCUT2D eigenvalue weighted by molar-refractivity contribution is 0.0931. The smallest absolute Gasteiger partial charge is 0.272 e. The highest BCUT2D eigenvalue weighted by atomic mass is 35.5. The molecule has 1 unspecified atom stereocenters. The minimum Gasteiger partial charge on any atom is -0.343 e. The first-order valence-electron chi connectivity index (χ1n) is 10.1. The van der Waals surface area contributed by atoms with Gasteiger partial charge in [0.1, 0.15) is 11.5 Å². The topological polar surface area (TPSA) is 81.3 Å². The third-order valence-electron chi connectivity index (χ3n) is 5.41. The number of rotatable bonds is 4. The summed E-state index contributed by atoms with van der Waals surface area (Å²) in [5, 5.41) is 8.38. The van der Waals surface area contributed by atoms with Crippen molar-refractivity contribution in [2.45, 2.75) is 13.0 Å². The van der Waals surface area contributed by atoms with Crippen LogP contribution in [0.5, 0.6) is 0 Å². The molecule has 1 atom stereocenters. The molecule has 0 aliphatic heterocycles. The van der Waals surface area contributed by atoms with Crippen LogP contribution in [0.3, 0.4) is 0 Å². The number of nitrogens with zero attached hydrogens (tertiary/aromatic N) is 4. The van der Waals surface area contributed by atoms with Crippen LogP contribution < -0.4 is 10.9 Å². The number of benzene rings is 2. The molecule has 164 valence electrons. The van der Waals surface area contributed by atoms with Gasteiger partial charge in [-0.2, -0.15) is 5.10 Å². The van der Waals surface area contributed by atoms with Gasteiger partial charge in [0.15, 0.2) is 5.65 Å². The van der Waals surface area contributed by atoms with Gasteiger partial charge >= 0.3 is 0 Å². The second-order valence-corrected chi connectivity index (χ2v) is 7.93. The third kappa shape index (κ3) is 3.64. The molecule has 2 aromatic carbocycles. The molecule has 0 saturated heterocycles. The van der Waals surface area contributed by atoms with Crippen molar-refractivity contribution < 1.29 is 9.18 Å². The molecule has 0 saturated carbocycles. The van der Waals surface area contributed by atoms with Crippen molar-refractivity contribution in [2.75, 3.05) is 0 Å². The number of pyridine rings is 1. The van der Waals surface area contributed by atoms with Gasteiger partial charge in [0.25, 0.3) is 11.5 Å².